The fourth-order valence-electron chi connectivity index (χ4n) is 2.17. The van der Waals surface area contributed by atoms with E-state index >= 15 is 0 Å². The molecule has 1 aromatic rings. The maximum absolute atomic E-state index is 11.8. The van der Waals surface area contributed by atoms with Gasteiger partial charge in [0, 0.05) is 13.0 Å². The molecule has 0 spiro atoms. The first kappa shape index (κ1) is 15.7. The zero-order valence-electron chi connectivity index (χ0n) is 11.8. The van der Waals surface area contributed by atoms with E-state index in [0.29, 0.717) is 18.9 Å². The third-order valence-corrected chi connectivity index (χ3v) is 3.35. The monoisotopic (exact) mass is 264 g/mol. The van der Waals surface area contributed by atoms with Gasteiger partial charge in [-0.2, -0.15) is 0 Å². The molecule has 0 aliphatic heterocycles. The van der Waals surface area contributed by atoms with Crippen LogP contribution in [0.15, 0.2) is 30.3 Å². The van der Waals surface area contributed by atoms with Crippen molar-refractivity contribution in [2.24, 2.45) is 5.92 Å². The average molecular weight is 264 g/mol. The Balaban J connectivity index is 2.49. The number of rotatable bonds is 8. The second-order valence-corrected chi connectivity index (χ2v) is 4.90. The SMILES string of the molecule is CCC(CC(C)C(=O)OCCCO)c1ccccc1. The molecule has 0 amide bonds. The Kier molecular flexibility index (Phi) is 7.19. The lowest BCUT2D eigenvalue weighted by atomic mass is 9.88. The molecule has 0 bridgehead atoms. The summed E-state index contributed by atoms with van der Waals surface area (Å²) in [5, 5.41) is 8.66. The van der Waals surface area contributed by atoms with Gasteiger partial charge >= 0.3 is 5.97 Å². The minimum Gasteiger partial charge on any atom is -0.465 e. The van der Waals surface area contributed by atoms with E-state index < -0.39 is 0 Å². The Morgan fingerprint density at radius 3 is 2.58 bits per heavy atom. The van der Waals surface area contributed by atoms with Crippen LogP contribution in [-0.2, 0) is 9.53 Å². The number of ether oxygens (including phenoxy) is 1. The fraction of sp³-hybridized carbons (Fsp3) is 0.562. The number of aliphatic hydroxyl groups is 1. The molecule has 2 unspecified atom stereocenters. The zero-order chi connectivity index (χ0) is 14.1. The van der Waals surface area contributed by atoms with Gasteiger partial charge in [0.1, 0.15) is 0 Å². The van der Waals surface area contributed by atoms with Crippen molar-refractivity contribution in [2.75, 3.05) is 13.2 Å². The zero-order valence-corrected chi connectivity index (χ0v) is 11.8. The van der Waals surface area contributed by atoms with Crippen LogP contribution in [0.25, 0.3) is 0 Å². The first-order valence-corrected chi connectivity index (χ1v) is 7.01. The molecule has 3 heteroatoms. The minimum absolute atomic E-state index is 0.0588. The van der Waals surface area contributed by atoms with Crippen LogP contribution in [0.3, 0.4) is 0 Å². The quantitative estimate of drug-likeness (QED) is 0.579. The highest BCUT2D eigenvalue weighted by Crippen LogP contribution is 2.27. The predicted octanol–water partition coefficient (Wildman–Crippen LogP) is 3.13. The maximum Gasteiger partial charge on any atom is 0.308 e. The van der Waals surface area contributed by atoms with Crippen LogP contribution in [-0.4, -0.2) is 24.3 Å². The lowest BCUT2D eigenvalue weighted by Gasteiger charge is -2.19. The summed E-state index contributed by atoms with van der Waals surface area (Å²) >= 11 is 0. The van der Waals surface area contributed by atoms with Gasteiger partial charge in [-0.05, 0) is 24.3 Å². The summed E-state index contributed by atoms with van der Waals surface area (Å²) in [7, 11) is 0. The van der Waals surface area contributed by atoms with E-state index in [2.05, 4.69) is 19.1 Å². The standard InChI is InChI=1S/C16H24O3/c1-3-14(15-8-5-4-6-9-15)12-13(2)16(18)19-11-7-10-17/h4-6,8-9,13-14,17H,3,7,10-12H2,1-2H3. The van der Waals surface area contributed by atoms with E-state index in [1.807, 2.05) is 25.1 Å². The topological polar surface area (TPSA) is 46.5 Å². The van der Waals surface area contributed by atoms with E-state index in [0.717, 1.165) is 12.8 Å². The molecule has 1 N–H and O–H groups in total. The molecule has 3 nitrogen and oxygen atoms in total. The van der Waals surface area contributed by atoms with Crippen LogP contribution in [0, 0.1) is 5.92 Å². The van der Waals surface area contributed by atoms with Crippen LogP contribution >= 0.6 is 0 Å². The first-order chi connectivity index (χ1) is 9.19. The predicted molar refractivity (Wildman–Crippen MR) is 75.9 cm³/mol. The Bertz CT molecular complexity index is 362. The molecular weight excluding hydrogens is 240 g/mol. The molecule has 0 aromatic heterocycles. The van der Waals surface area contributed by atoms with Crippen molar-refractivity contribution in [1.29, 1.82) is 0 Å². The van der Waals surface area contributed by atoms with Gasteiger partial charge in [0.15, 0.2) is 0 Å². The van der Waals surface area contributed by atoms with Gasteiger partial charge in [-0.15, -0.1) is 0 Å². The Morgan fingerprint density at radius 2 is 2.00 bits per heavy atom. The number of aliphatic hydroxyl groups excluding tert-OH is 1. The Morgan fingerprint density at radius 1 is 1.32 bits per heavy atom. The Labute approximate surface area is 115 Å². The van der Waals surface area contributed by atoms with Crippen molar-refractivity contribution in [3.05, 3.63) is 35.9 Å². The van der Waals surface area contributed by atoms with Crippen LogP contribution < -0.4 is 0 Å². The van der Waals surface area contributed by atoms with E-state index in [1.54, 1.807) is 0 Å². The number of carbonyl (C=O) groups excluding carboxylic acids is 1. The van der Waals surface area contributed by atoms with Crippen LogP contribution in [0.4, 0.5) is 0 Å². The molecule has 0 heterocycles. The molecule has 0 aliphatic rings. The molecule has 2 atom stereocenters. The van der Waals surface area contributed by atoms with Crippen LogP contribution in [0.1, 0.15) is 44.6 Å². The summed E-state index contributed by atoms with van der Waals surface area (Å²) in [6.45, 7) is 4.42. The summed E-state index contributed by atoms with van der Waals surface area (Å²) in [6.07, 6.45) is 2.32. The smallest absolute Gasteiger partial charge is 0.308 e. The molecule has 0 radical (unpaired) electrons. The van der Waals surface area contributed by atoms with Gasteiger partial charge in [0.25, 0.3) is 0 Å². The molecule has 0 saturated carbocycles. The van der Waals surface area contributed by atoms with Gasteiger partial charge in [-0.1, -0.05) is 44.2 Å². The molecule has 106 valence electrons. The van der Waals surface area contributed by atoms with Crippen molar-refractivity contribution < 1.29 is 14.6 Å². The van der Waals surface area contributed by atoms with E-state index in [1.165, 1.54) is 5.56 Å². The lowest BCUT2D eigenvalue weighted by Crippen LogP contribution is -2.18. The number of hydrogen-bond donors (Lipinski definition) is 1. The van der Waals surface area contributed by atoms with E-state index in [9.17, 15) is 4.79 Å². The second kappa shape index (κ2) is 8.70. The highest BCUT2D eigenvalue weighted by atomic mass is 16.5. The van der Waals surface area contributed by atoms with Crippen molar-refractivity contribution in [3.8, 4) is 0 Å². The third kappa shape index (κ3) is 5.43. The fourth-order valence-corrected chi connectivity index (χ4v) is 2.17. The normalized spacial score (nSPS) is 13.8. The molecular formula is C16H24O3. The van der Waals surface area contributed by atoms with Crippen LogP contribution in [0.5, 0.6) is 0 Å². The molecule has 0 aliphatic carbocycles. The van der Waals surface area contributed by atoms with Crippen molar-refractivity contribution in [2.45, 2.75) is 39.0 Å². The number of carbonyl (C=O) groups is 1. The highest BCUT2D eigenvalue weighted by Gasteiger charge is 2.20. The van der Waals surface area contributed by atoms with Crippen LogP contribution in [0.2, 0.25) is 0 Å². The molecule has 1 rings (SSSR count). The minimum atomic E-state index is -0.164. The molecule has 0 fully saturated rings. The summed E-state index contributed by atoms with van der Waals surface area (Å²) in [5.74, 6) is 0.119. The van der Waals surface area contributed by atoms with Crippen molar-refractivity contribution in [3.63, 3.8) is 0 Å². The van der Waals surface area contributed by atoms with Crippen molar-refractivity contribution >= 4 is 5.97 Å². The molecule has 19 heavy (non-hydrogen) atoms. The maximum atomic E-state index is 11.8. The summed E-state index contributed by atoms with van der Waals surface area (Å²) in [5.41, 5.74) is 1.28. The lowest BCUT2D eigenvalue weighted by molar-refractivity contribution is -0.148. The van der Waals surface area contributed by atoms with E-state index in [-0.39, 0.29) is 18.5 Å². The average Bonchev–Trinajstić information content (AvgIpc) is 2.45. The van der Waals surface area contributed by atoms with Gasteiger partial charge in [0.2, 0.25) is 0 Å². The second-order valence-electron chi connectivity index (χ2n) is 4.90. The van der Waals surface area contributed by atoms with Gasteiger partial charge in [-0.3, -0.25) is 4.79 Å². The summed E-state index contributed by atoms with van der Waals surface area (Å²) < 4.78 is 5.13. The van der Waals surface area contributed by atoms with Gasteiger partial charge < -0.3 is 9.84 Å². The summed E-state index contributed by atoms with van der Waals surface area (Å²) in [4.78, 5) is 11.8. The van der Waals surface area contributed by atoms with Gasteiger partial charge in [0.05, 0.1) is 12.5 Å². The largest absolute Gasteiger partial charge is 0.465 e. The molecule has 1 aromatic carbocycles. The Hall–Kier alpha value is -1.35. The molecule has 0 saturated heterocycles. The van der Waals surface area contributed by atoms with Crippen molar-refractivity contribution in [1.82, 2.24) is 0 Å². The third-order valence-electron chi connectivity index (χ3n) is 3.35. The highest BCUT2D eigenvalue weighted by molar-refractivity contribution is 5.72. The van der Waals surface area contributed by atoms with E-state index in [4.69, 9.17) is 9.84 Å². The number of hydrogen-bond acceptors (Lipinski definition) is 3. The van der Waals surface area contributed by atoms with Gasteiger partial charge in [-0.25, -0.2) is 0 Å². The first-order valence-electron chi connectivity index (χ1n) is 7.01. The summed E-state index contributed by atoms with van der Waals surface area (Å²) in [6, 6.07) is 10.3. The number of benzene rings is 1. The number of esters is 1.